The van der Waals surface area contributed by atoms with Crippen LogP contribution >= 0.6 is 0 Å². The standard InChI is InChI=1S/C36H50/c1-7-8-9-10-11-12-13-14-15-16-30-19-23-32(24-20-30)36(5,6)34-27-25-33(26-28-34)35(3,4)31-21-17-29(2)18-22-31/h17-28H,7-16H2,1-6H3. The van der Waals surface area contributed by atoms with Crippen molar-refractivity contribution >= 4 is 0 Å². The van der Waals surface area contributed by atoms with Crippen LogP contribution in [0.4, 0.5) is 0 Å². The van der Waals surface area contributed by atoms with Crippen LogP contribution in [0.2, 0.25) is 0 Å². The van der Waals surface area contributed by atoms with Crippen molar-refractivity contribution in [3.05, 3.63) is 106 Å². The number of benzene rings is 3. The molecular weight excluding hydrogens is 432 g/mol. The quantitative estimate of drug-likeness (QED) is 0.200. The predicted octanol–water partition coefficient (Wildman–Crippen LogP) is 10.7. The van der Waals surface area contributed by atoms with Crippen LogP contribution in [-0.4, -0.2) is 0 Å². The van der Waals surface area contributed by atoms with Crippen LogP contribution < -0.4 is 0 Å². The lowest BCUT2D eigenvalue weighted by atomic mass is 9.74. The molecule has 3 aromatic carbocycles. The van der Waals surface area contributed by atoms with Crippen molar-refractivity contribution in [1.82, 2.24) is 0 Å². The highest BCUT2D eigenvalue weighted by Gasteiger charge is 2.26. The summed E-state index contributed by atoms with van der Waals surface area (Å²) in [7, 11) is 0. The van der Waals surface area contributed by atoms with Crippen LogP contribution in [0.1, 0.15) is 126 Å². The Labute approximate surface area is 222 Å². The molecule has 0 saturated carbocycles. The normalized spacial score (nSPS) is 12.2. The second-order valence-electron chi connectivity index (χ2n) is 12.0. The van der Waals surface area contributed by atoms with Gasteiger partial charge in [-0.1, -0.05) is 164 Å². The number of aryl methyl sites for hydroxylation is 2. The van der Waals surface area contributed by atoms with Gasteiger partial charge in [0.25, 0.3) is 0 Å². The number of unbranched alkanes of at least 4 members (excludes halogenated alkanes) is 8. The van der Waals surface area contributed by atoms with Crippen LogP contribution in [0.15, 0.2) is 72.8 Å². The fourth-order valence-corrected chi connectivity index (χ4v) is 5.33. The van der Waals surface area contributed by atoms with Gasteiger partial charge in [-0.25, -0.2) is 0 Å². The lowest BCUT2D eigenvalue weighted by Gasteiger charge is -2.29. The lowest BCUT2D eigenvalue weighted by molar-refractivity contribution is 0.565. The molecule has 3 rings (SSSR count). The van der Waals surface area contributed by atoms with Gasteiger partial charge in [-0.3, -0.25) is 0 Å². The molecule has 0 saturated heterocycles. The van der Waals surface area contributed by atoms with Gasteiger partial charge in [0.05, 0.1) is 0 Å². The van der Waals surface area contributed by atoms with Crippen molar-refractivity contribution in [3.63, 3.8) is 0 Å². The van der Waals surface area contributed by atoms with Gasteiger partial charge in [0, 0.05) is 10.8 Å². The summed E-state index contributed by atoms with van der Waals surface area (Å²) >= 11 is 0. The van der Waals surface area contributed by atoms with Crippen molar-refractivity contribution in [1.29, 1.82) is 0 Å². The average molecular weight is 483 g/mol. The average Bonchev–Trinajstić information content (AvgIpc) is 2.88. The molecule has 36 heavy (non-hydrogen) atoms. The Morgan fingerprint density at radius 1 is 0.444 bits per heavy atom. The minimum Gasteiger partial charge on any atom is -0.0654 e. The zero-order chi connectivity index (χ0) is 26.0. The molecule has 3 aromatic rings. The fourth-order valence-electron chi connectivity index (χ4n) is 5.33. The molecule has 0 fully saturated rings. The van der Waals surface area contributed by atoms with Gasteiger partial charge in [0.1, 0.15) is 0 Å². The van der Waals surface area contributed by atoms with Crippen molar-refractivity contribution in [2.75, 3.05) is 0 Å². The molecule has 0 N–H and O–H groups in total. The molecule has 0 aliphatic rings. The highest BCUT2D eigenvalue weighted by Crippen LogP contribution is 2.36. The van der Waals surface area contributed by atoms with E-state index in [0.29, 0.717) is 0 Å². The van der Waals surface area contributed by atoms with Gasteiger partial charge >= 0.3 is 0 Å². The number of hydrogen-bond acceptors (Lipinski definition) is 0. The van der Waals surface area contributed by atoms with E-state index in [-0.39, 0.29) is 10.8 Å². The molecule has 0 nitrogen and oxygen atoms in total. The highest BCUT2D eigenvalue weighted by atomic mass is 14.3. The van der Waals surface area contributed by atoms with E-state index in [0.717, 1.165) is 0 Å². The van der Waals surface area contributed by atoms with Gasteiger partial charge in [0.15, 0.2) is 0 Å². The first-order chi connectivity index (χ1) is 17.2. The van der Waals surface area contributed by atoms with E-state index < -0.39 is 0 Å². The molecule has 0 heterocycles. The summed E-state index contributed by atoms with van der Waals surface area (Å²) in [5, 5.41) is 0. The molecule has 0 radical (unpaired) electrons. The minimum atomic E-state index is -0.0111. The topological polar surface area (TPSA) is 0 Å². The molecular formula is C36H50. The first-order valence-corrected chi connectivity index (χ1v) is 14.5. The fraction of sp³-hybridized carbons (Fsp3) is 0.500. The molecule has 0 atom stereocenters. The Hall–Kier alpha value is -2.34. The molecule has 0 amide bonds. The third kappa shape index (κ3) is 7.58. The summed E-state index contributed by atoms with van der Waals surface area (Å²) in [5.41, 5.74) is 8.26. The van der Waals surface area contributed by atoms with Crippen molar-refractivity contribution in [2.24, 2.45) is 0 Å². The van der Waals surface area contributed by atoms with E-state index in [9.17, 15) is 0 Å². The van der Waals surface area contributed by atoms with Gasteiger partial charge in [0.2, 0.25) is 0 Å². The molecule has 0 heteroatoms. The Balaban J connectivity index is 1.54. The van der Waals surface area contributed by atoms with Gasteiger partial charge in [-0.15, -0.1) is 0 Å². The largest absolute Gasteiger partial charge is 0.0654 e. The summed E-state index contributed by atoms with van der Waals surface area (Å²) in [4.78, 5) is 0. The van der Waals surface area contributed by atoms with Crippen LogP contribution in [0.3, 0.4) is 0 Å². The third-order valence-corrected chi connectivity index (χ3v) is 8.35. The lowest BCUT2D eigenvalue weighted by Crippen LogP contribution is -2.21. The van der Waals surface area contributed by atoms with Crippen molar-refractivity contribution in [2.45, 2.75) is 117 Å². The maximum Gasteiger partial charge on any atom is 0.0146 e. The number of rotatable bonds is 14. The van der Waals surface area contributed by atoms with Crippen LogP contribution in [0, 0.1) is 6.92 Å². The molecule has 0 spiro atoms. The van der Waals surface area contributed by atoms with E-state index in [1.54, 1.807) is 0 Å². The summed E-state index contributed by atoms with van der Waals surface area (Å²) in [6, 6.07) is 27.7. The molecule has 0 bridgehead atoms. The third-order valence-electron chi connectivity index (χ3n) is 8.35. The van der Waals surface area contributed by atoms with E-state index in [1.807, 2.05) is 0 Å². The Kier molecular flexibility index (Phi) is 10.4. The summed E-state index contributed by atoms with van der Waals surface area (Å²) < 4.78 is 0. The smallest absolute Gasteiger partial charge is 0.0146 e. The Bertz CT molecular complexity index is 1020. The monoisotopic (exact) mass is 482 g/mol. The van der Waals surface area contributed by atoms with Crippen molar-refractivity contribution < 1.29 is 0 Å². The zero-order valence-corrected chi connectivity index (χ0v) is 24.0. The second kappa shape index (κ2) is 13.3. The first kappa shape index (κ1) is 28.2. The van der Waals surface area contributed by atoms with E-state index in [2.05, 4.69) is 114 Å². The molecule has 194 valence electrons. The summed E-state index contributed by atoms with van der Waals surface area (Å²) in [6.45, 7) is 13.8. The van der Waals surface area contributed by atoms with E-state index in [4.69, 9.17) is 0 Å². The summed E-state index contributed by atoms with van der Waals surface area (Å²) in [6.07, 6.45) is 13.7. The van der Waals surface area contributed by atoms with Crippen LogP contribution in [-0.2, 0) is 17.3 Å². The maximum absolute atomic E-state index is 2.36. The van der Waals surface area contributed by atoms with Crippen LogP contribution in [0.25, 0.3) is 0 Å². The molecule has 0 unspecified atom stereocenters. The zero-order valence-electron chi connectivity index (χ0n) is 24.0. The summed E-state index contributed by atoms with van der Waals surface area (Å²) in [5.74, 6) is 0. The van der Waals surface area contributed by atoms with E-state index >= 15 is 0 Å². The van der Waals surface area contributed by atoms with Gasteiger partial charge in [-0.2, -0.15) is 0 Å². The minimum absolute atomic E-state index is 0.00687. The van der Waals surface area contributed by atoms with Crippen LogP contribution in [0.5, 0.6) is 0 Å². The molecule has 0 aliphatic carbocycles. The highest BCUT2D eigenvalue weighted by molar-refractivity contribution is 5.44. The Morgan fingerprint density at radius 3 is 1.19 bits per heavy atom. The Morgan fingerprint density at radius 2 is 0.778 bits per heavy atom. The van der Waals surface area contributed by atoms with Gasteiger partial charge < -0.3 is 0 Å². The van der Waals surface area contributed by atoms with Gasteiger partial charge in [-0.05, 0) is 47.6 Å². The maximum atomic E-state index is 2.36. The molecule has 0 aliphatic heterocycles. The SMILES string of the molecule is CCCCCCCCCCCc1ccc(C(C)(C)c2ccc(C(C)(C)c3ccc(C)cc3)cc2)cc1. The number of hydrogen-bond donors (Lipinski definition) is 0. The van der Waals surface area contributed by atoms with Crippen molar-refractivity contribution in [3.8, 4) is 0 Å². The molecule has 0 aromatic heterocycles. The predicted molar refractivity (Wildman–Crippen MR) is 159 cm³/mol. The second-order valence-corrected chi connectivity index (χ2v) is 12.0. The van der Waals surface area contributed by atoms with E-state index in [1.165, 1.54) is 97.6 Å². The first-order valence-electron chi connectivity index (χ1n) is 14.5.